The van der Waals surface area contributed by atoms with Crippen molar-refractivity contribution in [3.8, 4) is 5.75 Å². The van der Waals surface area contributed by atoms with Crippen LogP contribution in [0.3, 0.4) is 0 Å². The summed E-state index contributed by atoms with van der Waals surface area (Å²) in [5, 5.41) is 3.78. The van der Waals surface area contributed by atoms with Gasteiger partial charge in [-0.05, 0) is 60.7 Å². The van der Waals surface area contributed by atoms with Gasteiger partial charge in [-0.15, -0.1) is 0 Å². The predicted octanol–water partition coefficient (Wildman–Crippen LogP) is 6.44. The maximum absolute atomic E-state index is 5.92. The highest BCUT2D eigenvalue weighted by Gasteiger charge is 2.37. The predicted molar refractivity (Wildman–Crippen MR) is 115 cm³/mol. The van der Waals surface area contributed by atoms with E-state index in [4.69, 9.17) is 4.74 Å². The lowest BCUT2D eigenvalue weighted by atomic mass is 9.87. The summed E-state index contributed by atoms with van der Waals surface area (Å²) in [6.07, 6.45) is 9.92. The Hall–Kier alpha value is -1.32. The van der Waals surface area contributed by atoms with E-state index in [0.29, 0.717) is 18.6 Å². The molecule has 2 nitrogen and oxygen atoms in total. The Balaban J connectivity index is 1.19. The monoisotopic (exact) mass is 427 g/mol. The van der Waals surface area contributed by atoms with Gasteiger partial charge in [0.25, 0.3) is 0 Å². The third-order valence-electron chi connectivity index (χ3n) is 6.08. The van der Waals surface area contributed by atoms with Crippen molar-refractivity contribution in [2.24, 2.45) is 5.92 Å². The fraction of sp³-hybridized carbons (Fsp3) is 0.500. The zero-order valence-corrected chi connectivity index (χ0v) is 17.6. The first kappa shape index (κ1) is 19.0. The Bertz CT molecular complexity index is 723. The molecule has 2 saturated carbocycles. The third-order valence-corrected chi connectivity index (χ3v) is 6.57. The van der Waals surface area contributed by atoms with Gasteiger partial charge < -0.3 is 10.1 Å². The maximum Gasteiger partial charge on any atom is 0.119 e. The highest BCUT2D eigenvalue weighted by Crippen LogP contribution is 2.41. The lowest BCUT2D eigenvalue weighted by Gasteiger charge is -2.21. The summed E-state index contributed by atoms with van der Waals surface area (Å²) in [6, 6.07) is 17.7. The van der Waals surface area contributed by atoms with Crippen LogP contribution in [-0.4, -0.2) is 12.6 Å². The van der Waals surface area contributed by atoms with Crippen LogP contribution in [0.1, 0.15) is 62.0 Å². The van der Waals surface area contributed by atoms with Crippen LogP contribution in [0.5, 0.6) is 5.75 Å². The molecule has 0 spiro atoms. The molecule has 0 amide bonds. The Morgan fingerprint density at radius 1 is 1.00 bits per heavy atom. The Labute approximate surface area is 171 Å². The summed E-state index contributed by atoms with van der Waals surface area (Å²) in [5.41, 5.74) is 2.62. The highest BCUT2D eigenvalue weighted by atomic mass is 79.9. The molecule has 144 valence electrons. The van der Waals surface area contributed by atoms with Crippen molar-refractivity contribution in [2.75, 3.05) is 6.54 Å². The molecule has 4 rings (SSSR count). The quantitative estimate of drug-likeness (QED) is 0.522. The van der Waals surface area contributed by atoms with Crippen molar-refractivity contribution in [2.45, 2.75) is 63.5 Å². The van der Waals surface area contributed by atoms with Crippen molar-refractivity contribution in [1.82, 2.24) is 5.32 Å². The molecule has 2 fully saturated rings. The number of benzene rings is 2. The second-order valence-electron chi connectivity index (χ2n) is 8.18. The molecule has 0 bridgehead atoms. The normalized spacial score (nSPS) is 22.6. The molecule has 2 aliphatic rings. The highest BCUT2D eigenvalue weighted by molar-refractivity contribution is 9.10. The van der Waals surface area contributed by atoms with Gasteiger partial charge in [-0.2, -0.15) is 0 Å². The molecular formula is C24H30BrNO. The summed E-state index contributed by atoms with van der Waals surface area (Å²) in [7, 11) is 0. The Morgan fingerprint density at radius 3 is 2.59 bits per heavy atom. The van der Waals surface area contributed by atoms with Crippen LogP contribution in [0, 0.1) is 5.92 Å². The average Bonchev–Trinajstić information content (AvgIpc) is 3.47. The summed E-state index contributed by atoms with van der Waals surface area (Å²) in [4.78, 5) is 0. The molecular weight excluding hydrogens is 398 g/mol. The van der Waals surface area contributed by atoms with E-state index in [0.717, 1.165) is 16.1 Å². The second-order valence-corrected chi connectivity index (χ2v) is 9.10. The minimum atomic E-state index is 0.605. The SMILES string of the molecule is Brc1cccc(COc2ccc([C@H]3C[C@@H]3NCCC3CCCCC3)cc2)c1. The average molecular weight is 428 g/mol. The van der Waals surface area contributed by atoms with Gasteiger partial charge in [0.05, 0.1) is 0 Å². The van der Waals surface area contributed by atoms with Gasteiger partial charge >= 0.3 is 0 Å². The van der Waals surface area contributed by atoms with Crippen LogP contribution < -0.4 is 10.1 Å². The Kier molecular flexibility index (Phi) is 6.51. The number of hydrogen-bond donors (Lipinski definition) is 1. The number of rotatable bonds is 8. The lowest BCUT2D eigenvalue weighted by molar-refractivity contribution is 0.306. The topological polar surface area (TPSA) is 21.3 Å². The molecule has 2 aromatic rings. The number of halogens is 1. The van der Waals surface area contributed by atoms with Gasteiger partial charge in [-0.25, -0.2) is 0 Å². The zero-order chi connectivity index (χ0) is 18.5. The van der Waals surface area contributed by atoms with Crippen molar-refractivity contribution in [1.29, 1.82) is 0 Å². The molecule has 0 aliphatic heterocycles. The number of hydrogen-bond acceptors (Lipinski definition) is 2. The van der Waals surface area contributed by atoms with Gasteiger partial charge in [0.1, 0.15) is 12.4 Å². The smallest absolute Gasteiger partial charge is 0.119 e. The van der Waals surface area contributed by atoms with Gasteiger partial charge in [0, 0.05) is 16.4 Å². The van der Waals surface area contributed by atoms with Gasteiger partial charge in [-0.1, -0.05) is 72.3 Å². The molecule has 2 aromatic carbocycles. The molecule has 3 heteroatoms. The minimum absolute atomic E-state index is 0.605. The molecule has 0 unspecified atom stereocenters. The molecule has 2 aliphatic carbocycles. The molecule has 2 atom stereocenters. The molecule has 0 heterocycles. The van der Waals surface area contributed by atoms with Crippen LogP contribution >= 0.6 is 15.9 Å². The van der Waals surface area contributed by atoms with Gasteiger partial charge in [0.15, 0.2) is 0 Å². The van der Waals surface area contributed by atoms with Crippen molar-refractivity contribution in [3.63, 3.8) is 0 Å². The molecule has 0 radical (unpaired) electrons. The molecule has 0 saturated heterocycles. The van der Waals surface area contributed by atoms with E-state index >= 15 is 0 Å². The third kappa shape index (κ3) is 5.58. The van der Waals surface area contributed by atoms with E-state index in [1.165, 1.54) is 62.6 Å². The maximum atomic E-state index is 5.92. The molecule has 27 heavy (non-hydrogen) atoms. The van der Waals surface area contributed by atoms with E-state index < -0.39 is 0 Å². The molecule has 0 aromatic heterocycles. The van der Waals surface area contributed by atoms with E-state index in [1.54, 1.807) is 0 Å². The van der Waals surface area contributed by atoms with E-state index in [-0.39, 0.29) is 0 Å². The number of nitrogens with one attached hydrogen (secondary N) is 1. The van der Waals surface area contributed by atoms with Gasteiger partial charge in [0.2, 0.25) is 0 Å². The van der Waals surface area contributed by atoms with E-state index in [2.05, 4.69) is 57.6 Å². The standard InChI is InChI=1S/C24H30BrNO/c25-21-8-4-7-19(15-21)17-27-22-11-9-20(10-12-22)23-16-24(23)26-14-13-18-5-2-1-3-6-18/h4,7-12,15,18,23-24,26H,1-3,5-6,13-14,16-17H2/t23-,24+/m1/s1. The summed E-state index contributed by atoms with van der Waals surface area (Å²) in [5.74, 6) is 2.61. The van der Waals surface area contributed by atoms with Crippen LogP contribution in [0.25, 0.3) is 0 Å². The first-order valence-electron chi connectivity index (χ1n) is 10.5. The largest absolute Gasteiger partial charge is 0.489 e. The van der Waals surface area contributed by atoms with Crippen LogP contribution in [0.2, 0.25) is 0 Å². The van der Waals surface area contributed by atoms with Crippen LogP contribution in [0.4, 0.5) is 0 Å². The Morgan fingerprint density at radius 2 is 1.81 bits per heavy atom. The second kappa shape index (κ2) is 9.25. The fourth-order valence-corrected chi connectivity index (χ4v) is 4.79. The lowest BCUT2D eigenvalue weighted by Crippen LogP contribution is -2.22. The minimum Gasteiger partial charge on any atom is -0.489 e. The van der Waals surface area contributed by atoms with Crippen LogP contribution in [-0.2, 0) is 6.61 Å². The first-order valence-corrected chi connectivity index (χ1v) is 11.3. The first-order chi connectivity index (χ1) is 13.3. The molecule has 1 N–H and O–H groups in total. The van der Waals surface area contributed by atoms with Crippen molar-refractivity contribution in [3.05, 3.63) is 64.1 Å². The number of ether oxygens (including phenoxy) is 1. The van der Waals surface area contributed by atoms with E-state index in [9.17, 15) is 0 Å². The zero-order valence-electron chi connectivity index (χ0n) is 16.0. The van der Waals surface area contributed by atoms with Gasteiger partial charge in [-0.3, -0.25) is 0 Å². The van der Waals surface area contributed by atoms with E-state index in [1.807, 2.05) is 12.1 Å². The van der Waals surface area contributed by atoms with Crippen molar-refractivity contribution >= 4 is 15.9 Å². The van der Waals surface area contributed by atoms with Crippen LogP contribution in [0.15, 0.2) is 53.0 Å². The summed E-state index contributed by atoms with van der Waals surface area (Å²) >= 11 is 3.51. The van der Waals surface area contributed by atoms with Crippen molar-refractivity contribution < 1.29 is 4.74 Å². The summed E-state index contributed by atoms with van der Waals surface area (Å²) in [6.45, 7) is 1.80. The summed E-state index contributed by atoms with van der Waals surface area (Å²) < 4.78 is 7.02. The fourth-order valence-electron chi connectivity index (χ4n) is 4.34.